The van der Waals surface area contributed by atoms with Crippen LogP contribution in [0, 0.1) is 0 Å². The monoisotopic (exact) mass is 148 g/mol. The number of alkyl halides is 1. The third kappa shape index (κ3) is 4.00. The molecule has 0 fully saturated rings. The lowest BCUT2D eigenvalue weighted by Crippen LogP contribution is -2.11. The maximum Gasteiger partial charge on any atom is 0.316 e. The largest absolute Gasteiger partial charge is 0.393 e. The Morgan fingerprint density at radius 2 is 2.00 bits per heavy atom. The third-order valence-electron chi connectivity index (χ3n) is 0.815. The summed E-state index contributed by atoms with van der Waals surface area (Å²) in [7, 11) is 0. The van der Waals surface area contributed by atoms with Crippen molar-refractivity contribution in [1.82, 2.24) is 0 Å². The maximum absolute atomic E-state index is 11.4. The molecule has 0 spiro atoms. The van der Waals surface area contributed by atoms with E-state index in [0.29, 0.717) is 0 Å². The van der Waals surface area contributed by atoms with E-state index in [0.717, 1.165) is 0 Å². The molecule has 0 atom stereocenters. The van der Waals surface area contributed by atoms with Gasteiger partial charge in [0.1, 0.15) is 0 Å². The van der Waals surface area contributed by atoms with Gasteiger partial charge in [0.25, 0.3) is 0 Å². The highest BCUT2D eigenvalue weighted by molar-refractivity contribution is 5.85. The molecule has 3 nitrogen and oxygen atoms in total. The van der Waals surface area contributed by atoms with Gasteiger partial charge in [-0.2, -0.15) is 0 Å². The molecule has 0 aromatic rings. The summed E-state index contributed by atoms with van der Waals surface area (Å²) >= 11 is 0. The lowest BCUT2D eigenvalue weighted by atomic mass is 10.4. The van der Waals surface area contributed by atoms with Gasteiger partial charge in [-0.25, -0.2) is 0 Å². The minimum absolute atomic E-state index is 0.137. The lowest BCUT2D eigenvalue weighted by Gasteiger charge is -1.96. The number of rotatable bonds is 3. The molecule has 0 radical (unpaired) electrons. The SMILES string of the molecule is CCC(=O)OC(=O)CCF. The molecule has 0 amide bonds. The molecule has 0 aliphatic carbocycles. The zero-order chi connectivity index (χ0) is 7.98. The quantitative estimate of drug-likeness (QED) is 0.439. The zero-order valence-corrected chi connectivity index (χ0v) is 5.72. The van der Waals surface area contributed by atoms with Crippen LogP contribution >= 0.6 is 0 Å². The molecule has 0 rings (SSSR count). The minimum Gasteiger partial charge on any atom is -0.393 e. The average Bonchev–Trinajstić information content (AvgIpc) is 1.88. The molecule has 0 aliphatic rings. The van der Waals surface area contributed by atoms with E-state index in [4.69, 9.17) is 0 Å². The van der Waals surface area contributed by atoms with E-state index in [9.17, 15) is 14.0 Å². The first kappa shape index (κ1) is 9.07. The van der Waals surface area contributed by atoms with Gasteiger partial charge in [-0.15, -0.1) is 0 Å². The standard InChI is InChI=1S/C6H9FO3/c1-2-5(8)10-6(9)3-4-7/h2-4H2,1H3. The summed E-state index contributed by atoms with van der Waals surface area (Å²) in [5.41, 5.74) is 0. The molecule has 0 N–H and O–H groups in total. The van der Waals surface area contributed by atoms with Crippen molar-refractivity contribution in [2.75, 3.05) is 6.67 Å². The maximum atomic E-state index is 11.4. The van der Waals surface area contributed by atoms with Crippen molar-refractivity contribution in [3.63, 3.8) is 0 Å². The van der Waals surface area contributed by atoms with Gasteiger partial charge in [-0.1, -0.05) is 6.92 Å². The van der Waals surface area contributed by atoms with Crippen molar-refractivity contribution in [2.45, 2.75) is 19.8 Å². The van der Waals surface area contributed by atoms with Crippen molar-refractivity contribution < 1.29 is 18.7 Å². The predicted molar refractivity (Wildman–Crippen MR) is 32.0 cm³/mol. The fourth-order valence-corrected chi connectivity index (χ4v) is 0.327. The summed E-state index contributed by atoms with van der Waals surface area (Å²) in [6, 6.07) is 0. The Morgan fingerprint density at radius 1 is 1.40 bits per heavy atom. The number of carbonyl (C=O) groups excluding carboxylic acids is 2. The van der Waals surface area contributed by atoms with E-state index in [-0.39, 0.29) is 12.8 Å². The van der Waals surface area contributed by atoms with E-state index in [1.165, 1.54) is 0 Å². The second-order valence-electron chi connectivity index (χ2n) is 1.64. The second-order valence-corrected chi connectivity index (χ2v) is 1.64. The van der Waals surface area contributed by atoms with Crippen LogP contribution in [0.5, 0.6) is 0 Å². The summed E-state index contributed by atoms with van der Waals surface area (Å²) in [6.45, 7) is 0.779. The molecule has 4 heteroatoms. The molecule has 0 aromatic carbocycles. The Bertz CT molecular complexity index is 133. The van der Waals surface area contributed by atoms with Gasteiger partial charge >= 0.3 is 11.9 Å². The topological polar surface area (TPSA) is 43.4 Å². The Balaban J connectivity index is 3.47. The summed E-state index contributed by atoms with van der Waals surface area (Å²) in [5, 5.41) is 0. The molecule has 0 aliphatic heterocycles. The van der Waals surface area contributed by atoms with Crippen LogP contribution < -0.4 is 0 Å². The number of esters is 2. The normalized spacial score (nSPS) is 9.00. The van der Waals surface area contributed by atoms with Crippen LogP contribution in [-0.4, -0.2) is 18.6 Å². The van der Waals surface area contributed by atoms with Gasteiger partial charge < -0.3 is 4.74 Å². The van der Waals surface area contributed by atoms with Crippen molar-refractivity contribution in [1.29, 1.82) is 0 Å². The van der Waals surface area contributed by atoms with Crippen LogP contribution in [-0.2, 0) is 14.3 Å². The summed E-state index contributed by atoms with van der Waals surface area (Å²) in [5.74, 6) is -1.41. The molecular weight excluding hydrogens is 139 g/mol. The molecule has 0 saturated carbocycles. The molecule has 0 bridgehead atoms. The van der Waals surface area contributed by atoms with Gasteiger partial charge in [0.2, 0.25) is 0 Å². The van der Waals surface area contributed by atoms with Crippen LogP contribution in [0.25, 0.3) is 0 Å². The Kier molecular flexibility index (Phi) is 4.45. The van der Waals surface area contributed by atoms with Crippen LogP contribution in [0.2, 0.25) is 0 Å². The van der Waals surface area contributed by atoms with Gasteiger partial charge in [-0.05, 0) is 0 Å². The van der Waals surface area contributed by atoms with Gasteiger partial charge in [0.05, 0.1) is 13.1 Å². The van der Waals surface area contributed by atoms with E-state index in [1.807, 2.05) is 0 Å². The fraction of sp³-hybridized carbons (Fsp3) is 0.667. The summed E-state index contributed by atoms with van der Waals surface area (Å²) in [4.78, 5) is 20.7. The zero-order valence-electron chi connectivity index (χ0n) is 5.72. The number of carbonyl (C=O) groups is 2. The molecule has 0 heterocycles. The van der Waals surface area contributed by atoms with Crippen molar-refractivity contribution in [3.8, 4) is 0 Å². The van der Waals surface area contributed by atoms with Gasteiger partial charge in [-0.3, -0.25) is 14.0 Å². The second kappa shape index (κ2) is 4.90. The smallest absolute Gasteiger partial charge is 0.316 e. The predicted octanol–water partition coefficient (Wildman–Crippen LogP) is 0.826. The van der Waals surface area contributed by atoms with Gasteiger partial charge in [0.15, 0.2) is 0 Å². The summed E-state index contributed by atoms with van der Waals surface area (Å²) < 4.78 is 15.5. The Hall–Kier alpha value is -0.930. The highest BCUT2D eigenvalue weighted by atomic mass is 19.1. The highest BCUT2D eigenvalue weighted by Crippen LogP contribution is 1.90. The minimum atomic E-state index is -0.797. The Labute approximate surface area is 58.2 Å². The molecule has 0 saturated heterocycles. The van der Waals surface area contributed by atoms with E-state index in [1.54, 1.807) is 6.92 Å². The molecule has 0 unspecified atom stereocenters. The van der Waals surface area contributed by atoms with Crippen molar-refractivity contribution in [3.05, 3.63) is 0 Å². The van der Waals surface area contributed by atoms with Crippen LogP contribution in [0.1, 0.15) is 19.8 Å². The number of hydrogen-bond acceptors (Lipinski definition) is 3. The van der Waals surface area contributed by atoms with Crippen molar-refractivity contribution in [2.24, 2.45) is 0 Å². The Morgan fingerprint density at radius 3 is 2.40 bits per heavy atom. The first-order valence-corrected chi connectivity index (χ1v) is 3.00. The molecule has 10 heavy (non-hydrogen) atoms. The third-order valence-corrected chi connectivity index (χ3v) is 0.815. The molecular formula is C6H9FO3. The lowest BCUT2D eigenvalue weighted by molar-refractivity contribution is -0.159. The highest BCUT2D eigenvalue weighted by Gasteiger charge is 2.06. The van der Waals surface area contributed by atoms with E-state index in [2.05, 4.69) is 4.74 Å². The van der Waals surface area contributed by atoms with Crippen molar-refractivity contribution >= 4 is 11.9 Å². The molecule has 58 valence electrons. The fourth-order valence-electron chi connectivity index (χ4n) is 0.327. The number of ether oxygens (including phenoxy) is 1. The van der Waals surface area contributed by atoms with E-state index < -0.39 is 18.6 Å². The first-order valence-electron chi connectivity index (χ1n) is 3.00. The molecule has 0 aromatic heterocycles. The average molecular weight is 148 g/mol. The number of halogens is 1. The van der Waals surface area contributed by atoms with Crippen LogP contribution in [0.15, 0.2) is 0 Å². The van der Waals surface area contributed by atoms with E-state index >= 15 is 0 Å². The first-order chi connectivity index (χ1) is 4.70. The number of hydrogen-bond donors (Lipinski definition) is 0. The van der Waals surface area contributed by atoms with Gasteiger partial charge in [0, 0.05) is 6.42 Å². The van der Waals surface area contributed by atoms with Crippen LogP contribution in [0.3, 0.4) is 0 Å². The summed E-state index contributed by atoms with van der Waals surface area (Å²) in [6.07, 6.45) is -0.205. The van der Waals surface area contributed by atoms with Crippen LogP contribution in [0.4, 0.5) is 4.39 Å².